The summed E-state index contributed by atoms with van der Waals surface area (Å²) in [4.78, 5) is 12.0. The average Bonchev–Trinajstić information content (AvgIpc) is 2.42. The number of methoxy groups -OCH3 is 1. The first kappa shape index (κ1) is 18.4. The normalized spacial score (nSPS) is 26.0. The molecule has 1 aliphatic rings. The SMILES string of the molecule is COCCOCCCC(=O)OC1CC(C)CCC1C(C)C. The fraction of sp³-hybridized carbons (Fsp3) is 0.941. The van der Waals surface area contributed by atoms with Gasteiger partial charge in [-0.15, -0.1) is 0 Å². The number of carbonyl (C=O) groups excluding carboxylic acids is 1. The lowest BCUT2D eigenvalue weighted by Gasteiger charge is -2.36. The van der Waals surface area contributed by atoms with E-state index in [-0.39, 0.29) is 12.1 Å². The Morgan fingerprint density at radius 1 is 1.19 bits per heavy atom. The van der Waals surface area contributed by atoms with Crippen LogP contribution in [-0.4, -0.2) is 39.0 Å². The van der Waals surface area contributed by atoms with Gasteiger partial charge in [0, 0.05) is 20.1 Å². The lowest BCUT2D eigenvalue weighted by atomic mass is 9.75. The number of esters is 1. The van der Waals surface area contributed by atoms with Gasteiger partial charge in [0.05, 0.1) is 13.2 Å². The monoisotopic (exact) mass is 300 g/mol. The third kappa shape index (κ3) is 7.28. The summed E-state index contributed by atoms with van der Waals surface area (Å²) in [6.45, 7) is 8.48. The van der Waals surface area contributed by atoms with Gasteiger partial charge in [-0.1, -0.05) is 27.2 Å². The molecular formula is C17H32O4. The fourth-order valence-corrected chi connectivity index (χ4v) is 3.04. The molecule has 0 heterocycles. The molecule has 0 saturated heterocycles. The van der Waals surface area contributed by atoms with Crippen molar-refractivity contribution in [1.29, 1.82) is 0 Å². The number of hydrogen-bond donors (Lipinski definition) is 0. The van der Waals surface area contributed by atoms with Gasteiger partial charge in [0.2, 0.25) is 0 Å². The van der Waals surface area contributed by atoms with E-state index in [0.29, 0.717) is 44.0 Å². The minimum Gasteiger partial charge on any atom is -0.462 e. The van der Waals surface area contributed by atoms with Gasteiger partial charge in [0.25, 0.3) is 0 Å². The van der Waals surface area contributed by atoms with Gasteiger partial charge < -0.3 is 14.2 Å². The van der Waals surface area contributed by atoms with Crippen molar-refractivity contribution in [1.82, 2.24) is 0 Å². The number of ether oxygens (including phenoxy) is 3. The maximum Gasteiger partial charge on any atom is 0.306 e. The van der Waals surface area contributed by atoms with Crippen LogP contribution in [0.25, 0.3) is 0 Å². The molecule has 0 bridgehead atoms. The van der Waals surface area contributed by atoms with E-state index in [1.165, 1.54) is 12.8 Å². The first-order chi connectivity index (χ1) is 10.0. The highest BCUT2D eigenvalue weighted by Crippen LogP contribution is 2.35. The second-order valence-corrected chi connectivity index (χ2v) is 6.56. The number of hydrogen-bond acceptors (Lipinski definition) is 4. The van der Waals surface area contributed by atoms with Crippen molar-refractivity contribution < 1.29 is 19.0 Å². The third-order valence-electron chi connectivity index (χ3n) is 4.35. The Hall–Kier alpha value is -0.610. The molecule has 4 heteroatoms. The zero-order valence-electron chi connectivity index (χ0n) is 14.1. The summed E-state index contributed by atoms with van der Waals surface area (Å²) in [5.74, 6) is 1.68. The molecule has 1 aliphatic carbocycles. The molecule has 0 aliphatic heterocycles. The molecule has 1 rings (SSSR count). The predicted octanol–water partition coefficient (Wildman–Crippen LogP) is 3.43. The van der Waals surface area contributed by atoms with Crippen LogP contribution in [0, 0.1) is 17.8 Å². The highest BCUT2D eigenvalue weighted by molar-refractivity contribution is 5.69. The summed E-state index contributed by atoms with van der Waals surface area (Å²) in [5, 5.41) is 0. The van der Waals surface area contributed by atoms with Crippen molar-refractivity contribution >= 4 is 5.97 Å². The molecule has 0 aromatic carbocycles. The highest BCUT2D eigenvalue weighted by atomic mass is 16.5. The second-order valence-electron chi connectivity index (χ2n) is 6.56. The molecule has 3 atom stereocenters. The van der Waals surface area contributed by atoms with Gasteiger partial charge in [0.1, 0.15) is 6.10 Å². The summed E-state index contributed by atoms with van der Waals surface area (Å²) >= 11 is 0. The van der Waals surface area contributed by atoms with E-state index in [2.05, 4.69) is 20.8 Å². The molecule has 0 aromatic rings. The number of rotatable bonds is 9. The third-order valence-corrected chi connectivity index (χ3v) is 4.35. The Kier molecular flexibility index (Phi) is 8.93. The average molecular weight is 300 g/mol. The zero-order valence-corrected chi connectivity index (χ0v) is 14.1. The maximum atomic E-state index is 12.0. The fourth-order valence-electron chi connectivity index (χ4n) is 3.04. The Bertz CT molecular complexity index is 291. The molecule has 1 fully saturated rings. The largest absolute Gasteiger partial charge is 0.462 e. The molecule has 21 heavy (non-hydrogen) atoms. The van der Waals surface area contributed by atoms with E-state index in [4.69, 9.17) is 14.2 Å². The molecule has 1 saturated carbocycles. The van der Waals surface area contributed by atoms with Crippen LogP contribution in [0.4, 0.5) is 0 Å². The van der Waals surface area contributed by atoms with Crippen molar-refractivity contribution in [2.45, 2.75) is 59.0 Å². The summed E-state index contributed by atoms with van der Waals surface area (Å²) in [5.41, 5.74) is 0. The van der Waals surface area contributed by atoms with Gasteiger partial charge in [-0.3, -0.25) is 4.79 Å². The van der Waals surface area contributed by atoms with Crippen molar-refractivity contribution in [3.63, 3.8) is 0 Å². The van der Waals surface area contributed by atoms with Crippen LogP contribution in [0.5, 0.6) is 0 Å². The molecule has 0 spiro atoms. The van der Waals surface area contributed by atoms with E-state index in [0.717, 1.165) is 12.8 Å². The van der Waals surface area contributed by atoms with Gasteiger partial charge in [0.15, 0.2) is 0 Å². The van der Waals surface area contributed by atoms with Crippen LogP contribution < -0.4 is 0 Å². The standard InChI is InChI=1S/C17H32O4/c1-13(2)15-8-7-14(3)12-16(15)21-17(18)6-5-9-20-11-10-19-4/h13-16H,5-12H2,1-4H3. The van der Waals surface area contributed by atoms with Crippen molar-refractivity contribution in [2.24, 2.45) is 17.8 Å². The van der Waals surface area contributed by atoms with Crippen molar-refractivity contribution in [2.75, 3.05) is 26.9 Å². The van der Waals surface area contributed by atoms with Crippen LogP contribution in [-0.2, 0) is 19.0 Å². The molecule has 4 nitrogen and oxygen atoms in total. The van der Waals surface area contributed by atoms with Crippen LogP contribution in [0.2, 0.25) is 0 Å². The minimum absolute atomic E-state index is 0.0740. The van der Waals surface area contributed by atoms with Crippen molar-refractivity contribution in [3.8, 4) is 0 Å². The Morgan fingerprint density at radius 2 is 1.95 bits per heavy atom. The molecule has 0 radical (unpaired) electrons. The molecule has 0 N–H and O–H groups in total. The molecule has 0 aromatic heterocycles. The quantitative estimate of drug-likeness (QED) is 0.483. The van der Waals surface area contributed by atoms with Crippen LogP contribution in [0.15, 0.2) is 0 Å². The van der Waals surface area contributed by atoms with Gasteiger partial charge in [-0.25, -0.2) is 0 Å². The first-order valence-electron chi connectivity index (χ1n) is 8.30. The minimum atomic E-state index is -0.0740. The molecule has 3 unspecified atom stereocenters. The number of carbonyl (C=O) groups is 1. The van der Waals surface area contributed by atoms with Gasteiger partial charge in [-0.05, 0) is 37.0 Å². The van der Waals surface area contributed by atoms with Crippen LogP contribution >= 0.6 is 0 Å². The molecule has 0 amide bonds. The van der Waals surface area contributed by atoms with E-state index in [1.54, 1.807) is 7.11 Å². The lowest BCUT2D eigenvalue weighted by molar-refractivity contribution is -0.156. The predicted molar refractivity (Wildman–Crippen MR) is 83.2 cm³/mol. The Morgan fingerprint density at radius 3 is 2.62 bits per heavy atom. The van der Waals surface area contributed by atoms with Crippen LogP contribution in [0.3, 0.4) is 0 Å². The molecule has 124 valence electrons. The van der Waals surface area contributed by atoms with E-state index >= 15 is 0 Å². The van der Waals surface area contributed by atoms with Gasteiger partial charge >= 0.3 is 5.97 Å². The summed E-state index contributed by atoms with van der Waals surface area (Å²) in [6, 6.07) is 0. The molecular weight excluding hydrogens is 268 g/mol. The topological polar surface area (TPSA) is 44.8 Å². The van der Waals surface area contributed by atoms with E-state index in [1.807, 2.05) is 0 Å². The van der Waals surface area contributed by atoms with E-state index < -0.39 is 0 Å². The van der Waals surface area contributed by atoms with E-state index in [9.17, 15) is 4.79 Å². The maximum absolute atomic E-state index is 12.0. The second kappa shape index (κ2) is 10.2. The lowest BCUT2D eigenvalue weighted by Crippen LogP contribution is -2.35. The summed E-state index contributed by atoms with van der Waals surface area (Å²) < 4.78 is 16.0. The van der Waals surface area contributed by atoms with Crippen LogP contribution in [0.1, 0.15) is 52.9 Å². The summed E-state index contributed by atoms with van der Waals surface area (Å²) in [6.07, 6.45) is 4.72. The highest BCUT2D eigenvalue weighted by Gasteiger charge is 2.33. The first-order valence-corrected chi connectivity index (χ1v) is 8.30. The Balaban J connectivity index is 2.24. The zero-order chi connectivity index (χ0) is 15.7. The Labute approximate surface area is 129 Å². The summed E-state index contributed by atoms with van der Waals surface area (Å²) in [7, 11) is 1.65. The van der Waals surface area contributed by atoms with Crippen molar-refractivity contribution in [3.05, 3.63) is 0 Å². The van der Waals surface area contributed by atoms with Gasteiger partial charge in [-0.2, -0.15) is 0 Å². The smallest absolute Gasteiger partial charge is 0.306 e.